The molecule has 1 aromatic heterocycles. The molecule has 0 radical (unpaired) electrons. The number of aryl methyl sites for hydroxylation is 2. The number of hydrogen-bond acceptors (Lipinski definition) is 2. The van der Waals surface area contributed by atoms with Crippen molar-refractivity contribution in [1.29, 1.82) is 0 Å². The van der Waals surface area contributed by atoms with Crippen molar-refractivity contribution in [3.63, 3.8) is 0 Å². The number of phenolic OH excluding ortho intramolecular Hbond substituents is 1. The van der Waals surface area contributed by atoms with E-state index in [4.69, 9.17) is 4.74 Å². The van der Waals surface area contributed by atoms with Crippen LogP contribution in [0.25, 0.3) is 5.57 Å². The van der Waals surface area contributed by atoms with Crippen LogP contribution in [0, 0.1) is 34.6 Å². The second kappa shape index (κ2) is 8.44. The molecule has 1 aromatic carbocycles. The first kappa shape index (κ1) is 24.3. The molecule has 2 aliphatic heterocycles. The summed E-state index contributed by atoms with van der Waals surface area (Å²) in [6.07, 6.45) is 3.78. The van der Waals surface area contributed by atoms with Gasteiger partial charge in [0, 0.05) is 41.8 Å². The van der Waals surface area contributed by atoms with Gasteiger partial charge in [-0.05, 0) is 89.6 Å². The molecule has 0 fully saturated rings. The molecule has 0 aliphatic carbocycles. The van der Waals surface area contributed by atoms with Crippen LogP contribution in [-0.4, -0.2) is 33.3 Å². The van der Waals surface area contributed by atoms with Crippen molar-refractivity contribution >= 4 is 18.7 Å². The number of benzene rings is 1. The minimum atomic E-state index is -2.63. The molecule has 7 heteroatoms. The highest BCUT2D eigenvalue weighted by Crippen LogP contribution is 2.46. The quantitative estimate of drug-likeness (QED) is 0.504. The van der Waals surface area contributed by atoms with Gasteiger partial charge in [0.05, 0.1) is 5.69 Å². The third kappa shape index (κ3) is 3.89. The maximum atomic E-state index is 14.2. The number of halogens is 2. The average Bonchev–Trinajstić information content (AvgIpc) is 3.25. The smallest absolute Gasteiger partial charge is 0.507 e. The van der Waals surface area contributed by atoms with Gasteiger partial charge < -0.3 is 14.8 Å². The van der Waals surface area contributed by atoms with Crippen molar-refractivity contribution in [3.05, 3.63) is 62.6 Å². The van der Waals surface area contributed by atoms with Crippen LogP contribution >= 0.6 is 0 Å². The van der Waals surface area contributed by atoms with E-state index in [9.17, 15) is 13.7 Å². The summed E-state index contributed by atoms with van der Waals surface area (Å²) in [4.78, 5) is 3.42. The molecule has 34 heavy (non-hydrogen) atoms. The van der Waals surface area contributed by atoms with E-state index in [1.54, 1.807) is 6.92 Å². The Morgan fingerprint density at radius 2 is 1.79 bits per heavy atom. The lowest BCUT2D eigenvalue weighted by molar-refractivity contribution is -0.343. The third-order valence-corrected chi connectivity index (χ3v) is 7.50. The van der Waals surface area contributed by atoms with Crippen LogP contribution < -0.4 is 4.74 Å². The molecule has 0 saturated heterocycles. The third-order valence-electron chi connectivity index (χ3n) is 7.50. The van der Waals surface area contributed by atoms with Crippen LogP contribution in [0.3, 0.4) is 0 Å². The Kier molecular flexibility index (Phi) is 6.03. The first-order valence-corrected chi connectivity index (χ1v) is 11.8. The van der Waals surface area contributed by atoms with Crippen LogP contribution in [0.15, 0.2) is 23.4 Å². The van der Waals surface area contributed by atoms with E-state index in [1.165, 1.54) is 0 Å². The van der Waals surface area contributed by atoms with Crippen LogP contribution in [0.1, 0.15) is 72.8 Å². The molecule has 2 aliphatic rings. The highest BCUT2D eigenvalue weighted by Gasteiger charge is 2.46. The molecule has 0 bridgehead atoms. The number of phenols is 1. The summed E-state index contributed by atoms with van der Waals surface area (Å²) in [7, 11) is -2.63. The fourth-order valence-corrected chi connectivity index (χ4v) is 5.58. The molecule has 0 spiro atoms. The number of aromatic hydroxyl groups is 1. The fourth-order valence-electron chi connectivity index (χ4n) is 5.58. The van der Waals surface area contributed by atoms with Gasteiger partial charge in [-0.15, -0.1) is 0 Å². The lowest BCUT2D eigenvalue weighted by atomic mass is 9.82. The van der Waals surface area contributed by atoms with E-state index >= 15 is 0 Å². The fraction of sp³-hybridized carbons (Fsp3) is 0.444. The van der Waals surface area contributed by atoms with Crippen molar-refractivity contribution < 1.29 is 23.0 Å². The van der Waals surface area contributed by atoms with Crippen molar-refractivity contribution in [2.75, 3.05) is 0 Å². The predicted molar refractivity (Wildman–Crippen MR) is 134 cm³/mol. The number of H-pyrrole nitrogens is 1. The summed E-state index contributed by atoms with van der Waals surface area (Å²) in [5.41, 5.74) is 8.72. The number of ether oxygens (including phenoxy) is 1. The Labute approximate surface area is 201 Å². The monoisotopic (exact) mass is 467 g/mol. The zero-order chi connectivity index (χ0) is 25.1. The van der Waals surface area contributed by atoms with Gasteiger partial charge in [0.2, 0.25) is 0 Å². The normalized spacial score (nSPS) is 21.4. The lowest BCUT2D eigenvalue weighted by Crippen LogP contribution is -2.38. The number of fused-ring (bicyclic) bond motifs is 1. The summed E-state index contributed by atoms with van der Waals surface area (Å²) in [5.74, 6) is 1.14. The second-order valence-corrected chi connectivity index (χ2v) is 10.2. The summed E-state index contributed by atoms with van der Waals surface area (Å²) in [5, 5.41) is 10.5. The summed E-state index contributed by atoms with van der Waals surface area (Å²) >= 11 is 0. The van der Waals surface area contributed by atoms with Gasteiger partial charge in [-0.2, -0.15) is 0 Å². The van der Waals surface area contributed by atoms with Crippen molar-refractivity contribution in [3.8, 4) is 11.5 Å². The van der Waals surface area contributed by atoms with E-state index in [0.29, 0.717) is 23.6 Å². The molecular formula is C27H34BF2N2O2+. The van der Waals surface area contributed by atoms with E-state index in [1.807, 2.05) is 53.7 Å². The van der Waals surface area contributed by atoms with Gasteiger partial charge in [-0.3, -0.25) is 0 Å². The van der Waals surface area contributed by atoms with Crippen LogP contribution in [-0.2, 0) is 6.42 Å². The molecule has 2 aromatic rings. The van der Waals surface area contributed by atoms with E-state index < -0.39 is 13.0 Å². The molecular weight excluding hydrogens is 433 g/mol. The Morgan fingerprint density at radius 3 is 2.38 bits per heavy atom. The molecule has 1 unspecified atom stereocenters. The van der Waals surface area contributed by atoms with Gasteiger partial charge in [0.15, 0.2) is 11.4 Å². The first-order chi connectivity index (χ1) is 15.8. The van der Waals surface area contributed by atoms with E-state index in [0.717, 1.165) is 73.4 Å². The number of nitrogens with one attached hydrogen (secondary N) is 1. The first-order valence-electron chi connectivity index (χ1n) is 11.8. The highest BCUT2D eigenvalue weighted by atomic mass is 19.2. The highest BCUT2D eigenvalue weighted by molar-refractivity contribution is 6.35. The number of aromatic amines is 1. The topological polar surface area (TPSA) is 48.3 Å². The Morgan fingerprint density at radius 1 is 1.12 bits per heavy atom. The number of allylic oxidation sites excluding steroid dienone is 2. The molecule has 4 nitrogen and oxygen atoms in total. The van der Waals surface area contributed by atoms with Gasteiger partial charge in [0.1, 0.15) is 17.1 Å². The van der Waals surface area contributed by atoms with Gasteiger partial charge in [0.25, 0.3) is 0 Å². The zero-order valence-corrected chi connectivity index (χ0v) is 21.4. The van der Waals surface area contributed by atoms with Crippen LogP contribution in [0.4, 0.5) is 8.63 Å². The Balaban J connectivity index is 1.87. The zero-order valence-electron chi connectivity index (χ0n) is 21.4. The van der Waals surface area contributed by atoms with Crippen molar-refractivity contribution in [2.45, 2.75) is 80.3 Å². The molecule has 3 heterocycles. The standard InChI is InChI=1S/C27H33BF2N2O2/c1-14-11-16(3)31-23(14)22(24-15(2)12-17(4)32(24)28(29)30)13-27(8)10-9-21-20(7)25(33)18(5)19(6)26(21)34-27/h11-12,33H,9-10,13H2,1-8H3/p+1. The molecule has 4 rings (SSSR count). The van der Waals surface area contributed by atoms with Gasteiger partial charge >= 0.3 is 7.40 Å². The van der Waals surface area contributed by atoms with Gasteiger partial charge in [-0.1, -0.05) is 0 Å². The SMILES string of the molecule is CC1=CC(C)=[N+](B(F)F)/C1=C(/CC1(C)CCc2c(C)c(O)c(C)c(C)c2O1)c1[nH]c(C)cc1C. The van der Waals surface area contributed by atoms with E-state index in [2.05, 4.69) is 11.9 Å². The molecule has 180 valence electrons. The lowest BCUT2D eigenvalue weighted by Gasteiger charge is -2.38. The predicted octanol–water partition coefficient (Wildman–Crippen LogP) is 6.50. The summed E-state index contributed by atoms with van der Waals surface area (Å²) in [6, 6.07) is 2.05. The molecule has 1 atom stereocenters. The van der Waals surface area contributed by atoms with Gasteiger partial charge in [-0.25, -0.2) is 13.1 Å². The molecule has 0 saturated carbocycles. The van der Waals surface area contributed by atoms with Crippen LogP contribution in [0.2, 0.25) is 0 Å². The number of nitrogens with zero attached hydrogens (tertiary/aromatic N) is 1. The number of aromatic nitrogens is 1. The van der Waals surface area contributed by atoms with Crippen LogP contribution in [0.5, 0.6) is 11.5 Å². The second-order valence-electron chi connectivity index (χ2n) is 10.2. The summed E-state index contributed by atoms with van der Waals surface area (Å²) in [6.45, 7) is 15.5. The summed E-state index contributed by atoms with van der Waals surface area (Å²) < 4.78 is 36.3. The largest absolute Gasteiger partial charge is 0.934 e. The Bertz CT molecular complexity index is 1290. The van der Waals surface area contributed by atoms with Crippen molar-refractivity contribution in [1.82, 2.24) is 4.98 Å². The number of rotatable bonds is 4. The molecule has 0 amide bonds. The minimum Gasteiger partial charge on any atom is -0.507 e. The minimum absolute atomic E-state index is 0.328. The number of hydrogen-bond donors (Lipinski definition) is 2. The van der Waals surface area contributed by atoms with E-state index in [-0.39, 0.29) is 0 Å². The molecule has 2 N–H and O–H groups in total. The maximum absolute atomic E-state index is 14.2. The average molecular weight is 467 g/mol. The van der Waals surface area contributed by atoms with Crippen molar-refractivity contribution in [2.24, 2.45) is 0 Å². The Hall–Kier alpha value is -2.83. The maximum Gasteiger partial charge on any atom is 0.934 e.